The Hall–Kier alpha value is -1.11. The summed E-state index contributed by atoms with van der Waals surface area (Å²) in [6, 6.07) is 5.83. The van der Waals surface area contributed by atoms with Gasteiger partial charge in [-0.25, -0.2) is 0 Å². The number of para-hydroxylation sites is 1. The summed E-state index contributed by atoms with van der Waals surface area (Å²) in [6.07, 6.45) is 0. The Morgan fingerprint density at radius 2 is 1.78 bits per heavy atom. The monoisotopic (exact) mass is 271 g/mol. The molecule has 0 aliphatic carbocycles. The van der Waals surface area contributed by atoms with Gasteiger partial charge in [-0.2, -0.15) is 10.6 Å². The highest BCUT2D eigenvalue weighted by atomic mass is 32.3. The van der Waals surface area contributed by atoms with Gasteiger partial charge in [-0.3, -0.25) is 9.11 Å². The van der Waals surface area contributed by atoms with E-state index in [1.54, 1.807) is 0 Å². The first kappa shape index (κ1) is 12.0. The first-order valence-electron chi connectivity index (χ1n) is 6.03. The van der Waals surface area contributed by atoms with Crippen LogP contribution in [0.4, 0.5) is 5.69 Å². The molecule has 0 radical (unpaired) electrons. The van der Waals surface area contributed by atoms with Crippen LogP contribution in [0.5, 0.6) is 11.5 Å². The van der Waals surface area contributed by atoms with Crippen molar-refractivity contribution >= 4 is 16.3 Å². The lowest BCUT2D eigenvalue weighted by molar-refractivity contribution is 0.172. The van der Waals surface area contributed by atoms with Crippen LogP contribution < -0.4 is 14.4 Å². The Kier molecular flexibility index (Phi) is 3.01. The minimum atomic E-state index is -2.36. The van der Waals surface area contributed by atoms with Crippen molar-refractivity contribution in [2.45, 2.75) is 0 Å². The van der Waals surface area contributed by atoms with Gasteiger partial charge in [0.05, 0.1) is 17.2 Å². The summed E-state index contributed by atoms with van der Waals surface area (Å²) in [5.41, 5.74) is 0.988. The van der Waals surface area contributed by atoms with Crippen LogP contribution in [0.3, 0.4) is 0 Å². The number of rotatable bonds is 1. The van der Waals surface area contributed by atoms with Crippen LogP contribution in [0.1, 0.15) is 0 Å². The van der Waals surface area contributed by atoms with Gasteiger partial charge in [0.1, 0.15) is 13.2 Å². The van der Waals surface area contributed by atoms with Gasteiger partial charge in [0.2, 0.25) is 0 Å². The largest absolute Gasteiger partial charge is 0.486 e. The maximum absolute atomic E-state index is 9.63. The van der Waals surface area contributed by atoms with Crippen molar-refractivity contribution in [3.8, 4) is 11.5 Å². The highest BCUT2D eigenvalue weighted by molar-refractivity contribution is 8.24. The van der Waals surface area contributed by atoms with Gasteiger partial charge >= 0.3 is 0 Å². The molecule has 0 aromatic heterocycles. The highest BCUT2D eigenvalue weighted by Crippen LogP contribution is 2.45. The quantitative estimate of drug-likeness (QED) is 0.818. The molecule has 2 heterocycles. The topological polar surface area (TPSA) is 62.2 Å². The van der Waals surface area contributed by atoms with Crippen LogP contribution in [-0.2, 0) is 0 Å². The summed E-state index contributed by atoms with van der Waals surface area (Å²) >= 11 is 0. The summed E-state index contributed by atoms with van der Waals surface area (Å²) < 4.78 is 30.5. The molecule has 0 amide bonds. The fourth-order valence-corrected chi connectivity index (χ4v) is 3.50. The number of fused-ring (bicyclic) bond motifs is 1. The lowest BCUT2D eigenvalue weighted by atomic mass is 10.2. The van der Waals surface area contributed by atoms with E-state index in [4.69, 9.17) is 9.47 Å². The first-order chi connectivity index (χ1) is 8.66. The zero-order valence-electron chi connectivity index (χ0n) is 10.0. The molecule has 0 bridgehead atoms. The molecule has 2 aliphatic heterocycles. The Morgan fingerprint density at radius 1 is 1.06 bits per heavy atom. The van der Waals surface area contributed by atoms with E-state index in [1.165, 1.54) is 0 Å². The van der Waals surface area contributed by atoms with Crippen LogP contribution >= 0.6 is 10.6 Å². The summed E-state index contributed by atoms with van der Waals surface area (Å²) in [4.78, 5) is 2.13. The molecule has 2 aliphatic rings. The second-order valence-corrected chi connectivity index (χ2v) is 6.92. The van der Waals surface area contributed by atoms with Crippen LogP contribution in [-0.4, -0.2) is 46.9 Å². The third-order valence-electron chi connectivity index (χ3n) is 3.26. The van der Waals surface area contributed by atoms with E-state index in [0.717, 1.165) is 17.2 Å². The zero-order chi connectivity index (χ0) is 12.6. The number of nitrogens with zero attached hydrogens (tertiary/aromatic N) is 1. The van der Waals surface area contributed by atoms with Gasteiger partial charge in [-0.15, -0.1) is 0 Å². The van der Waals surface area contributed by atoms with E-state index in [9.17, 15) is 9.11 Å². The Morgan fingerprint density at radius 3 is 2.56 bits per heavy atom. The van der Waals surface area contributed by atoms with Gasteiger partial charge in [0.25, 0.3) is 0 Å². The van der Waals surface area contributed by atoms with Gasteiger partial charge < -0.3 is 14.4 Å². The average molecular weight is 271 g/mol. The molecule has 0 saturated carbocycles. The maximum atomic E-state index is 9.63. The molecule has 1 fully saturated rings. The average Bonchev–Trinajstić information content (AvgIpc) is 2.38. The normalized spacial score (nSPS) is 23.6. The van der Waals surface area contributed by atoms with Crippen molar-refractivity contribution in [2.24, 2.45) is 0 Å². The van der Waals surface area contributed by atoms with Crippen molar-refractivity contribution in [2.75, 3.05) is 42.7 Å². The van der Waals surface area contributed by atoms with Gasteiger partial charge in [0.15, 0.2) is 11.5 Å². The fourth-order valence-electron chi connectivity index (χ4n) is 2.27. The number of benzene rings is 1. The highest BCUT2D eigenvalue weighted by Gasteiger charge is 2.26. The SMILES string of the molecule is OS1(O)CCN(c2cccc3c2OCCO3)CC1. The number of hydrogen-bond donors (Lipinski definition) is 2. The zero-order valence-corrected chi connectivity index (χ0v) is 10.9. The van der Waals surface area contributed by atoms with Crippen molar-refractivity contribution in [1.29, 1.82) is 0 Å². The lowest BCUT2D eigenvalue weighted by Gasteiger charge is -2.42. The molecule has 0 spiro atoms. The van der Waals surface area contributed by atoms with E-state index < -0.39 is 10.6 Å². The number of hydrogen-bond acceptors (Lipinski definition) is 5. The molecule has 0 unspecified atom stereocenters. The van der Waals surface area contributed by atoms with E-state index in [2.05, 4.69) is 4.90 Å². The minimum absolute atomic E-state index is 0.428. The Balaban J connectivity index is 1.85. The fraction of sp³-hybridized carbons (Fsp3) is 0.500. The predicted molar refractivity (Wildman–Crippen MR) is 72.2 cm³/mol. The molecular formula is C12H17NO4S. The van der Waals surface area contributed by atoms with E-state index in [1.807, 2.05) is 18.2 Å². The third-order valence-corrected chi connectivity index (χ3v) is 4.94. The van der Waals surface area contributed by atoms with Crippen molar-refractivity contribution < 1.29 is 18.6 Å². The summed E-state index contributed by atoms with van der Waals surface area (Å²) in [5, 5.41) is 0. The van der Waals surface area contributed by atoms with Crippen molar-refractivity contribution in [3.63, 3.8) is 0 Å². The van der Waals surface area contributed by atoms with Crippen molar-refractivity contribution in [3.05, 3.63) is 18.2 Å². The molecule has 0 atom stereocenters. The van der Waals surface area contributed by atoms with Crippen LogP contribution in [0.25, 0.3) is 0 Å². The van der Waals surface area contributed by atoms with E-state index in [-0.39, 0.29) is 0 Å². The van der Waals surface area contributed by atoms with Crippen LogP contribution in [0, 0.1) is 0 Å². The third kappa shape index (κ3) is 2.23. The Labute approximate surface area is 108 Å². The van der Waals surface area contributed by atoms with Gasteiger partial charge in [-0.05, 0) is 12.1 Å². The molecule has 2 N–H and O–H groups in total. The van der Waals surface area contributed by atoms with Crippen LogP contribution in [0.15, 0.2) is 18.2 Å². The molecule has 1 aromatic rings. The molecule has 5 nitrogen and oxygen atoms in total. The summed E-state index contributed by atoms with van der Waals surface area (Å²) in [5.74, 6) is 2.41. The summed E-state index contributed by atoms with van der Waals surface area (Å²) in [7, 11) is -2.36. The molecule has 3 rings (SSSR count). The van der Waals surface area contributed by atoms with Gasteiger partial charge in [-0.1, -0.05) is 6.07 Å². The molecule has 1 saturated heterocycles. The molecule has 6 heteroatoms. The minimum Gasteiger partial charge on any atom is -0.486 e. The van der Waals surface area contributed by atoms with E-state index >= 15 is 0 Å². The second-order valence-electron chi connectivity index (χ2n) is 4.50. The molecule has 1 aromatic carbocycles. The second kappa shape index (κ2) is 4.53. The first-order valence-corrected chi connectivity index (χ1v) is 7.91. The maximum Gasteiger partial charge on any atom is 0.184 e. The Bertz CT molecular complexity index is 442. The molecule has 18 heavy (non-hydrogen) atoms. The molecular weight excluding hydrogens is 254 g/mol. The van der Waals surface area contributed by atoms with E-state index in [0.29, 0.717) is 37.8 Å². The lowest BCUT2D eigenvalue weighted by Crippen LogP contribution is -2.38. The predicted octanol–water partition coefficient (Wildman–Crippen LogP) is 2.03. The smallest absolute Gasteiger partial charge is 0.184 e. The number of ether oxygens (including phenoxy) is 2. The van der Waals surface area contributed by atoms with Crippen LogP contribution in [0.2, 0.25) is 0 Å². The number of anilines is 1. The van der Waals surface area contributed by atoms with Gasteiger partial charge in [0, 0.05) is 13.1 Å². The standard InChI is InChI=1S/C12H17NO4S/c14-18(15)8-4-13(5-9-18)10-2-1-3-11-12(10)17-7-6-16-11/h1-3,14-15H,4-9H2. The molecule has 100 valence electrons. The van der Waals surface area contributed by atoms with Crippen molar-refractivity contribution in [1.82, 2.24) is 0 Å². The summed E-state index contributed by atoms with van der Waals surface area (Å²) in [6.45, 7) is 2.42.